The van der Waals surface area contributed by atoms with Crippen molar-refractivity contribution in [2.75, 3.05) is 0 Å². The first-order valence-electron chi connectivity index (χ1n) is 4.56. The second kappa shape index (κ2) is 15.0. The number of alkyl halides is 1. The molecule has 0 nitrogen and oxygen atoms in total. The van der Waals surface area contributed by atoms with Gasteiger partial charge in [0.1, 0.15) is 0 Å². The molecule has 0 aliphatic carbocycles. The van der Waals surface area contributed by atoms with E-state index in [4.69, 9.17) is 11.6 Å². The number of unbranched alkanes of at least 4 members (excludes halogenated alkanes) is 2. The molecule has 0 atom stereocenters. The molecule has 0 aromatic heterocycles. The Balaban J connectivity index is -0.000000167. The molecule has 0 aliphatic rings. The number of hydrogen-bond donors (Lipinski definition) is 0. The first-order chi connectivity index (χ1) is 5.12. The molecule has 0 aromatic rings. The molecule has 0 unspecified atom stereocenters. The van der Waals surface area contributed by atoms with Gasteiger partial charge in [0, 0.05) is 0 Å². The van der Waals surface area contributed by atoms with Crippen molar-refractivity contribution >= 4 is 34.1 Å². The van der Waals surface area contributed by atoms with Gasteiger partial charge in [-0.3, -0.25) is 0 Å². The Hall–Kier alpha value is 1.96. The summed E-state index contributed by atoms with van der Waals surface area (Å²) in [5.74, 6) is 0. The van der Waals surface area contributed by atoms with Crippen LogP contribution in [0.25, 0.3) is 0 Å². The summed E-state index contributed by atoms with van der Waals surface area (Å²) in [4.78, 5) is 0. The number of hydrogen-bond acceptors (Lipinski definition) is 0. The van der Waals surface area contributed by atoms with Gasteiger partial charge in [-0.2, -0.15) is 0 Å². The predicted molar refractivity (Wildman–Crippen MR) is 53.4 cm³/mol. The monoisotopic (exact) mass is 386 g/mol. The van der Waals surface area contributed by atoms with E-state index in [0.29, 0.717) is 0 Å². The van der Waals surface area contributed by atoms with E-state index < -0.39 is 0 Å². The fourth-order valence-corrected chi connectivity index (χ4v) is 2.32. The fraction of sp³-hybridized carbons (Fsp3) is 1.00. The molecule has 0 saturated carbocycles. The van der Waals surface area contributed by atoms with E-state index in [0.717, 1.165) is 0 Å². The molecule has 0 aliphatic heterocycles. The van der Waals surface area contributed by atoms with Crippen LogP contribution in [0.4, 0.5) is 0 Å². The maximum atomic E-state index is 6.33. The van der Waals surface area contributed by atoms with Crippen LogP contribution >= 0.6 is 11.6 Å². The molecule has 14 heavy (non-hydrogen) atoms. The van der Waals surface area contributed by atoms with Crippen molar-refractivity contribution in [1.29, 1.82) is 0 Å². The first kappa shape index (κ1) is 25.0. The van der Waals surface area contributed by atoms with Crippen LogP contribution in [0.3, 0.4) is 0 Å². The molecule has 0 radical (unpaired) electrons. The summed E-state index contributed by atoms with van der Waals surface area (Å²) in [6.07, 6.45) is 7.55. The molecule has 0 rings (SSSR count). The van der Waals surface area contributed by atoms with E-state index in [9.17, 15) is 0 Å². The van der Waals surface area contributed by atoms with Crippen molar-refractivity contribution < 1.29 is 37.2 Å². The molecule has 0 N–H and O–H groups in total. The van der Waals surface area contributed by atoms with Crippen LogP contribution in [-0.2, 0) is 0 Å². The zero-order valence-corrected chi connectivity index (χ0v) is 14.6. The van der Waals surface area contributed by atoms with Crippen LogP contribution in [0.1, 0.15) is 52.4 Å². The topological polar surface area (TPSA) is 0 Å². The normalized spacial score (nSPS) is 9.50. The Morgan fingerprint density at radius 2 is 1.21 bits per heavy atom. The third-order valence-electron chi connectivity index (χ3n) is 1.85. The second-order valence-electron chi connectivity index (χ2n) is 3.17. The van der Waals surface area contributed by atoms with Crippen LogP contribution in [-0.4, -0.2) is 25.4 Å². The quantitative estimate of drug-likeness (QED) is 0.316. The van der Waals surface area contributed by atoms with Crippen LogP contribution in [0.15, 0.2) is 0 Å². The molecule has 0 amide bonds. The van der Waals surface area contributed by atoms with E-state index in [1.165, 1.54) is 61.0 Å². The van der Waals surface area contributed by atoms with E-state index in [-0.39, 0.29) is 40.1 Å². The van der Waals surface area contributed by atoms with Crippen molar-refractivity contribution in [2.45, 2.75) is 55.3 Å². The Bertz CT molecular complexity index is 88.8. The van der Waals surface area contributed by atoms with Gasteiger partial charge in [-0.05, 0) is 0 Å². The van der Waals surface area contributed by atoms with Gasteiger partial charge in [0.05, 0.1) is 0 Å². The Morgan fingerprint density at radius 1 is 0.929 bits per heavy atom. The molecule has 0 aromatic carbocycles. The van der Waals surface area contributed by atoms with Crippen molar-refractivity contribution in [1.82, 2.24) is 0 Å². The van der Waals surface area contributed by atoms with Gasteiger partial charge >= 0.3 is 89.4 Å². The van der Waals surface area contributed by atoms with Crippen molar-refractivity contribution in [2.24, 2.45) is 0 Å². The van der Waals surface area contributed by atoms with Gasteiger partial charge in [-0.1, -0.05) is 0 Å². The van der Waals surface area contributed by atoms with Crippen LogP contribution < -0.4 is 37.2 Å². The summed E-state index contributed by atoms with van der Waals surface area (Å²) >= 11 is 7.84. The molecule has 0 heterocycles. The van der Waals surface area contributed by atoms with Gasteiger partial charge in [-0.15, -0.1) is 0 Å². The molecule has 86 valence electrons. The standard InChI is InChI=1S/C9H18Cl.3ClH.Sn/c1-3-5-7-9(10)8-6-4-2;;;;/h3-8H2,1-2H3;3*1H;/q;;;;+3/p-3. The van der Waals surface area contributed by atoms with Gasteiger partial charge in [0.25, 0.3) is 0 Å². The molecule has 0 spiro atoms. The fourth-order valence-electron chi connectivity index (χ4n) is 1.04. The Labute approximate surface area is 126 Å². The smallest absolute Gasteiger partial charge is 1.00 e. The minimum Gasteiger partial charge on any atom is -1.00 e. The summed E-state index contributed by atoms with van der Waals surface area (Å²) in [7, 11) is 0. The number of rotatable bonds is 6. The molecule has 0 saturated heterocycles. The Kier molecular flexibility index (Phi) is 26.7. The van der Waals surface area contributed by atoms with Gasteiger partial charge in [0.15, 0.2) is 0 Å². The third kappa shape index (κ3) is 16.4. The molecule has 0 bridgehead atoms. The minimum atomic E-state index is 0. The van der Waals surface area contributed by atoms with E-state index in [2.05, 4.69) is 13.8 Å². The largest absolute Gasteiger partial charge is 1.00 e. The molecule has 5 heteroatoms. The summed E-state index contributed by atoms with van der Waals surface area (Å²) in [5, 5.41) is 0. The average Bonchev–Trinajstić information content (AvgIpc) is 1.97. The maximum absolute atomic E-state index is 6.33. The average molecular weight is 387 g/mol. The zero-order chi connectivity index (χ0) is 8.74. The first-order valence-corrected chi connectivity index (χ1v) is 6.37. The van der Waals surface area contributed by atoms with Gasteiger partial charge < -0.3 is 37.2 Å². The maximum Gasteiger partial charge on any atom is -1.00 e. The predicted octanol–water partition coefficient (Wildman–Crippen LogP) is -5.52. The van der Waals surface area contributed by atoms with Gasteiger partial charge in [0.2, 0.25) is 0 Å². The number of halogens is 4. The minimum absolute atomic E-state index is 0. The summed E-state index contributed by atoms with van der Waals surface area (Å²) in [5.41, 5.74) is 0. The van der Waals surface area contributed by atoms with E-state index in [1.54, 1.807) is 0 Å². The SMILES string of the molecule is CCCC[C](Cl)([Sn+3])CCCC.[Cl-].[Cl-].[Cl-]. The summed E-state index contributed by atoms with van der Waals surface area (Å²) in [6.45, 7) is 4.45. The Morgan fingerprint density at radius 3 is 1.43 bits per heavy atom. The van der Waals surface area contributed by atoms with Crippen molar-refractivity contribution in [3.05, 3.63) is 0 Å². The summed E-state index contributed by atoms with van der Waals surface area (Å²) < 4.78 is 0.165. The van der Waals surface area contributed by atoms with Crippen LogP contribution in [0.2, 0.25) is 0 Å². The van der Waals surface area contributed by atoms with E-state index >= 15 is 0 Å². The molecular weight excluding hydrogens is 369 g/mol. The molecular formula is C9H18Cl4Sn. The van der Waals surface area contributed by atoms with Crippen LogP contribution in [0, 0.1) is 0 Å². The second-order valence-corrected chi connectivity index (χ2v) is 7.53. The molecule has 0 fully saturated rings. The van der Waals surface area contributed by atoms with Crippen molar-refractivity contribution in [3.8, 4) is 0 Å². The van der Waals surface area contributed by atoms with Crippen molar-refractivity contribution in [3.63, 3.8) is 0 Å². The zero-order valence-electron chi connectivity index (χ0n) is 8.75. The third-order valence-corrected chi connectivity index (χ3v) is 3.66. The van der Waals surface area contributed by atoms with Gasteiger partial charge in [-0.25, -0.2) is 0 Å². The van der Waals surface area contributed by atoms with E-state index in [1.807, 2.05) is 0 Å². The van der Waals surface area contributed by atoms with Crippen LogP contribution in [0.5, 0.6) is 0 Å². The summed E-state index contributed by atoms with van der Waals surface area (Å²) in [6, 6.07) is 0.